The van der Waals surface area contributed by atoms with Gasteiger partial charge in [-0.15, -0.1) is 0 Å². The van der Waals surface area contributed by atoms with Crippen LogP contribution >= 0.6 is 0 Å². The zero-order valence-electron chi connectivity index (χ0n) is 13.3. The fourth-order valence-electron chi connectivity index (χ4n) is 3.79. The molecule has 0 bridgehead atoms. The van der Waals surface area contributed by atoms with E-state index >= 15 is 0 Å². The van der Waals surface area contributed by atoms with Crippen LogP contribution in [0.1, 0.15) is 58.8 Å². The molecule has 0 aromatic heterocycles. The average molecular weight is 296 g/mol. The van der Waals surface area contributed by atoms with Crippen molar-refractivity contribution in [2.75, 3.05) is 19.6 Å². The Morgan fingerprint density at radius 2 is 1.95 bits per heavy atom. The maximum atomic E-state index is 12.8. The Labute approximate surface area is 127 Å². The van der Waals surface area contributed by atoms with Crippen molar-refractivity contribution >= 4 is 12.0 Å². The number of nitrogens with zero attached hydrogens (tertiary/aromatic N) is 2. The predicted octanol–water partition coefficient (Wildman–Crippen LogP) is 2.95. The maximum Gasteiger partial charge on any atom is 0.329 e. The van der Waals surface area contributed by atoms with Crippen LogP contribution in [0.4, 0.5) is 4.79 Å². The number of carboxylic acid groups (broad SMARTS) is 1. The van der Waals surface area contributed by atoms with Crippen LogP contribution in [0.2, 0.25) is 0 Å². The minimum Gasteiger partial charge on any atom is -0.479 e. The maximum absolute atomic E-state index is 12.8. The molecule has 5 heteroatoms. The Kier molecular flexibility index (Phi) is 5.12. The fourth-order valence-corrected chi connectivity index (χ4v) is 3.79. The van der Waals surface area contributed by atoms with Crippen LogP contribution < -0.4 is 0 Å². The van der Waals surface area contributed by atoms with E-state index in [-0.39, 0.29) is 6.03 Å². The lowest BCUT2D eigenvalue weighted by Gasteiger charge is -2.38. The molecule has 0 radical (unpaired) electrons. The lowest BCUT2D eigenvalue weighted by molar-refractivity contribution is -0.148. The standard InChI is InChI=1S/C16H28N2O3/c1-3-8-16(14(19)20)9-5-11-18(16)15(21)17-10-4-6-13(2)7-12-17/h13H,3-12H2,1-2H3,(H,19,20). The SMILES string of the molecule is CCCC1(C(=O)O)CCCN1C(=O)N1CCCC(C)CC1. The van der Waals surface area contributed by atoms with E-state index in [0.717, 1.165) is 45.2 Å². The molecule has 0 saturated carbocycles. The first-order chi connectivity index (χ1) is 10.0. The molecule has 0 spiro atoms. The summed E-state index contributed by atoms with van der Waals surface area (Å²) in [6, 6.07) is -0.0579. The summed E-state index contributed by atoms with van der Waals surface area (Å²) in [6.07, 6.45) is 5.92. The summed E-state index contributed by atoms with van der Waals surface area (Å²) in [4.78, 5) is 28.2. The van der Waals surface area contributed by atoms with Crippen LogP contribution in [0.5, 0.6) is 0 Å². The van der Waals surface area contributed by atoms with E-state index < -0.39 is 11.5 Å². The normalized spacial score (nSPS) is 30.3. The summed E-state index contributed by atoms with van der Waals surface area (Å²) >= 11 is 0. The molecule has 5 nitrogen and oxygen atoms in total. The second-order valence-electron chi connectivity index (χ2n) is 6.65. The van der Waals surface area contributed by atoms with Gasteiger partial charge in [0.05, 0.1) is 0 Å². The Morgan fingerprint density at radius 3 is 2.62 bits per heavy atom. The van der Waals surface area contributed by atoms with Crippen molar-refractivity contribution in [2.24, 2.45) is 5.92 Å². The third-order valence-electron chi connectivity index (χ3n) is 5.07. The molecule has 2 atom stereocenters. The van der Waals surface area contributed by atoms with E-state index in [9.17, 15) is 14.7 Å². The molecule has 1 N–H and O–H groups in total. The monoisotopic (exact) mass is 296 g/mol. The smallest absolute Gasteiger partial charge is 0.329 e. The highest BCUT2D eigenvalue weighted by molar-refractivity contribution is 5.87. The van der Waals surface area contributed by atoms with Gasteiger partial charge in [-0.25, -0.2) is 9.59 Å². The van der Waals surface area contributed by atoms with Crippen LogP contribution in [0, 0.1) is 5.92 Å². The third-order valence-corrected chi connectivity index (χ3v) is 5.07. The van der Waals surface area contributed by atoms with E-state index in [1.807, 2.05) is 11.8 Å². The van der Waals surface area contributed by atoms with Gasteiger partial charge in [0.1, 0.15) is 5.54 Å². The number of hydrogen-bond acceptors (Lipinski definition) is 2. The summed E-state index contributed by atoms with van der Waals surface area (Å²) in [6.45, 7) is 6.32. The Balaban J connectivity index is 2.14. The topological polar surface area (TPSA) is 60.9 Å². The summed E-state index contributed by atoms with van der Waals surface area (Å²) in [5, 5.41) is 9.70. The van der Waals surface area contributed by atoms with Crippen molar-refractivity contribution < 1.29 is 14.7 Å². The molecule has 0 aromatic rings. The summed E-state index contributed by atoms with van der Waals surface area (Å²) in [7, 11) is 0. The molecule has 2 saturated heterocycles. The highest BCUT2D eigenvalue weighted by Crippen LogP contribution is 2.35. The van der Waals surface area contributed by atoms with Gasteiger partial charge in [-0.2, -0.15) is 0 Å². The molecule has 120 valence electrons. The highest BCUT2D eigenvalue weighted by Gasteiger charge is 2.50. The van der Waals surface area contributed by atoms with Crippen molar-refractivity contribution in [3.8, 4) is 0 Å². The van der Waals surface area contributed by atoms with Crippen molar-refractivity contribution in [2.45, 2.75) is 64.3 Å². The molecule has 2 unspecified atom stereocenters. The first-order valence-corrected chi connectivity index (χ1v) is 8.31. The molecule has 2 amide bonds. The van der Waals surface area contributed by atoms with Crippen molar-refractivity contribution in [3.63, 3.8) is 0 Å². The number of hydrogen-bond donors (Lipinski definition) is 1. The molecule has 2 aliphatic rings. The quantitative estimate of drug-likeness (QED) is 0.871. The van der Waals surface area contributed by atoms with Crippen molar-refractivity contribution in [3.05, 3.63) is 0 Å². The molecule has 21 heavy (non-hydrogen) atoms. The minimum atomic E-state index is -0.968. The molecule has 2 heterocycles. The van der Waals surface area contributed by atoms with E-state index in [1.165, 1.54) is 0 Å². The van der Waals surface area contributed by atoms with Gasteiger partial charge >= 0.3 is 12.0 Å². The highest BCUT2D eigenvalue weighted by atomic mass is 16.4. The first kappa shape index (κ1) is 16.1. The van der Waals surface area contributed by atoms with Gasteiger partial charge in [-0.1, -0.05) is 20.3 Å². The van der Waals surface area contributed by atoms with Crippen LogP contribution in [-0.4, -0.2) is 52.1 Å². The first-order valence-electron chi connectivity index (χ1n) is 8.31. The van der Waals surface area contributed by atoms with E-state index in [0.29, 0.717) is 25.3 Å². The number of urea groups is 1. The molecular formula is C16H28N2O3. The van der Waals surface area contributed by atoms with Gasteiger partial charge in [0.25, 0.3) is 0 Å². The summed E-state index contributed by atoms with van der Waals surface area (Å²) in [5.74, 6) is -0.181. The van der Waals surface area contributed by atoms with Crippen molar-refractivity contribution in [1.82, 2.24) is 9.80 Å². The van der Waals surface area contributed by atoms with Gasteiger partial charge in [0.15, 0.2) is 0 Å². The second kappa shape index (κ2) is 6.67. The zero-order chi connectivity index (χ0) is 15.5. The molecular weight excluding hydrogens is 268 g/mol. The number of likely N-dealkylation sites (tertiary alicyclic amines) is 2. The largest absolute Gasteiger partial charge is 0.479 e. The van der Waals surface area contributed by atoms with Gasteiger partial charge < -0.3 is 14.9 Å². The number of aliphatic carboxylic acids is 1. The van der Waals surface area contributed by atoms with E-state index in [2.05, 4.69) is 6.92 Å². The van der Waals surface area contributed by atoms with Crippen LogP contribution in [0.3, 0.4) is 0 Å². The predicted molar refractivity (Wildman–Crippen MR) is 81.2 cm³/mol. The fraction of sp³-hybridized carbons (Fsp3) is 0.875. The number of rotatable bonds is 3. The van der Waals surface area contributed by atoms with Crippen molar-refractivity contribution in [1.29, 1.82) is 0 Å². The minimum absolute atomic E-state index is 0.0579. The lowest BCUT2D eigenvalue weighted by Crippen LogP contribution is -2.57. The molecule has 0 aliphatic carbocycles. The van der Waals surface area contributed by atoms with E-state index in [1.54, 1.807) is 4.90 Å². The number of carboxylic acids is 1. The lowest BCUT2D eigenvalue weighted by atomic mass is 9.91. The van der Waals surface area contributed by atoms with Gasteiger partial charge in [0.2, 0.25) is 0 Å². The summed E-state index contributed by atoms with van der Waals surface area (Å²) in [5.41, 5.74) is -0.968. The van der Waals surface area contributed by atoms with Gasteiger partial charge in [0, 0.05) is 19.6 Å². The van der Waals surface area contributed by atoms with Crippen LogP contribution in [0.15, 0.2) is 0 Å². The zero-order valence-corrected chi connectivity index (χ0v) is 13.3. The number of carbonyl (C=O) groups excluding carboxylic acids is 1. The Morgan fingerprint density at radius 1 is 1.19 bits per heavy atom. The molecule has 2 fully saturated rings. The molecule has 2 aliphatic heterocycles. The van der Waals surface area contributed by atoms with Gasteiger partial charge in [-0.05, 0) is 44.4 Å². The Hall–Kier alpha value is -1.26. The molecule has 0 aromatic carbocycles. The third kappa shape index (κ3) is 3.16. The second-order valence-corrected chi connectivity index (χ2v) is 6.65. The number of carbonyl (C=O) groups is 2. The summed E-state index contributed by atoms with van der Waals surface area (Å²) < 4.78 is 0. The Bertz CT molecular complexity index is 399. The van der Waals surface area contributed by atoms with Gasteiger partial charge in [-0.3, -0.25) is 0 Å². The number of amides is 2. The van der Waals surface area contributed by atoms with Crippen LogP contribution in [0.25, 0.3) is 0 Å². The van der Waals surface area contributed by atoms with E-state index in [4.69, 9.17) is 0 Å². The molecule has 2 rings (SSSR count). The van der Waals surface area contributed by atoms with Crippen LogP contribution in [-0.2, 0) is 4.79 Å². The average Bonchev–Trinajstić information content (AvgIpc) is 2.75.